The van der Waals surface area contributed by atoms with E-state index in [9.17, 15) is 4.39 Å². The van der Waals surface area contributed by atoms with Gasteiger partial charge in [-0.25, -0.2) is 4.39 Å². The van der Waals surface area contributed by atoms with Crippen LogP contribution in [-0.2, 0) is 0 Å². The fraction of sp³-hybridized carbons (Fsp3) is 0.538. The predicted octanol–water partition coefficient (Wildman–Crippen LogP) is 2.43. The van der Waals surface area contributed by atoms with Gasteiger partial charge in [0.15, 0.2) is 0 Å². The number of hydrogen-bond donors (Lipinski definition) is 1. The van der Waals surface area contributed by atoms with E-state index in [1.165, 1.54) is 6.07 Å². The van der Waals surface area contributed by atoms with Crippen molar-refractivity contribution in [3.8, 4) is 0 Å². The maximum absolute atomic E-state index is 13.7. The van der Waals surface area contributed by atoms with Crippen LogP contribution < -0.4 is 5.32 Å². The molecule has 1 unspecified atom stereocenters. The van der Waals surface area contributed by atoms with Crippen molar-refractivity contribution >= 4 is 0 Å². The molecule has 0 aliphatic carbocycles. The van der Waals surface area contributed by atoms with Crippen molar-refractivity contribution in [2.24, 2.45) is 0 Å². The number of halogens is 1. The highest BCUT2D eigenvalue weighted by Gasteiger charge is 2.17. The highest BCUT2D eigenvalue weighted by molar-refractivity contribution is 5.21. The van der Waals surface area contributed by atoms with Gasteiger partial charge in [0.05, 0.1) is 0 Å². The molecule has 1 N–H and O–H groups in total. The van der Waals surface area contributed by atoms with Crippen molar-refractivity contribution < 1.29 is 4.39 Å². The second kappa shape index (κ2) is 6.61. The van der Waals surface area contributed by atoms with Crippen LogP contribution in [0, 0.1) is 5.82 Å². The molecule has 0 aliphatic rings. The Morgan fingerprint density at radius 1 is 1.38 bits per heavy atom. The van der Waals surface area contributed by atoms with Gasteiger partial charge in [-0.1, -0.05) is 25.1 Å². The van der Waals surface area contributed by atoms with Gasteiger partial charge in [-0.05, 0) is 26.6 Å². The molecule has 0 aliphatic heterocycles. The Bertz CT molecular complexity index is 315. The second-order valence-electron chi connectivity index (χ2n) is 4.03. The minimum atomic E-state index is -0.106. The molecule has 3 heteroatoms. The van der Waals surface area contributed by atoms with Gasteiger partial charge < -0.3 is 5.32 Å². The Labute approximate surface area is 97.5 Å². The third-order valence-corrected chi connectivity index (χ3v) is 2.90. The molecule has 1 rings (SSSR count). The van der Waals surface area contributed by atoms with E-state index in [0.29, 0.717) is 0 Å². The van der Waals surface area contributed by atoms with E-state index in [4.69, 9.17) is 0 Å². The molecule has 1 aromatic carbocycles. The van der Waals surface area contributed by atoms with Crippen molar-refractivity contribution in [3.63, 3.8) is 0 Å². The molecule has 0 saturated carbocycles. The lowest BCUT2D eigenvalue weighted by atomic mass is 10.0. The summed E-state index contributed by atoms with van der Waals surface area (Å²) in [5, 5.41) is 3.11. The van der Waals surface area contributed by atoms with E-state index in [0.717, 1.165) is 25.1 Å². The normalized spacial score (nSPS) is 13.1. The quantitative estimate of drug-likeness (QED) is 0.798. The molecule has 2 nitrogen and oxygen atoms in total. The smallest absolute Gasteiger partial charge is 0.127 e. The van der Waals surface area contributed by atoms with E-state index in [-0.39, 0.29) is 11.9 Å². The van der Waals surface area contributed by atoms with Crippen LogP contribution in [0.25, 0.3) is 0 Å². The van der Waals surface area contributed by atoms with Crippen LogP contribution in [0.4, 0.5) is 4.39 Å². The monoisotopic (exact) mass is 224 g/mol. The summed E-state index contributed by atoms with van der Waals surface area (Å²) >= 11 is 0. The molecule has 0 fully saturated rings. The first-order chi connectivity index (χ1) is 7.70. The van der Waals surface area contributed by atoms with E-state index < -0.39 is 0 Å². The van der Waals surface area contributed by atoms with Gasteiger partial charge in [-0.15, -0.1) is 0 Å². The van der Waals surface area contributed by atoms with Crippen molar-refractivity contribution in [2.45, 2.75) is 19.4 Å². The fourth-order valence-corrected chi connectivity index (χ4v) is 1.96. The maximum atomic E-state index is 13.7. The molecule has 0 heterocycles. The molecule has 0 spiro atoms. The van der Waals surface area contributed by atoms with Crippen LogP contribution in [-0.4, -0.2) is 32.1 Å². The number of rotatable bonds is 6. The third-order valence-electron chi connectivity index (χ3n) is 2.90. The van der Waals surface area contributed by atoms with Crippen molar-refractivity contribution in [1.82, 2.24) is 10.2 Å². The van der Waals surface area contributed by atoms with E-state index in [1.54, 1.807) is 6.07 Å². The number of nitrogens with one attached hydrogen (secondary N) is 1. The highest BCUT2D eigenvalue weighted by atomic mass is 19.1. The largest absolute Gasteiger partial charge is 0.318 e. The lowest BCUT2D eigenvalue weighted by Gasteiger charge is -2.27. The van der Waals surface area contributed by atoms with Gasteiger partial charge in [-0.3, -0.25) is 4.90 Å². The number of benzene rings is 1. The molecule has 1 aromatic rings. The topological polar surface area (TPSA) is 15.3 Å². The summed E-state index contributed by atoms with van der Waals surface area (Å²) in [6.07, 6.45) is 0.918. The lowest BCUT2D eigenvalue weighted by Crippen LogP contribution is -2.31. The Kier molecular flexibility index (Phi) is 5.43. The Morgan fingerprint density at radius 3 is 2.62 bits per heavy atom. The highest BCUT2D eigenvalue weighted by Crippen LogP contribution is 2.24. The molecule has 0 amide bonds. The molecular weight excluding hydrogens is 203 g/mol. The molecule has 16 heavy (non-hydrogen) atoms. The van der Waals surface area contributed by atoms with Gasteiger partial charge in [-0.2, -0.15) is 0 Å². The minimum absolute atomic E-state index is 0.106. The second-order valence-corrected chi connectivity index (χ2v) is 4.03. The summed E-state index contributed by atoms with van der Waals surface area (Å²) in [7, 11) is 3.97. The Hall–Kier alpha value is -0.930. The van der Waals surface area contributed by atoms with Crippen LogP contribution in [0.1, 0.15) is 24.9 Å². The minimum Gasteiger partial charge on any atom is -0.318 e. The summed E-state index contributed by atoms with van der Waals surface area (Å²) in [5.74, 6) is -0.106. The van der Waals surface area contributed by atoms with E-state index in [2.05, 4.69) is 17.1 Å². The first-order valence-corrected chi connectivity index (χ1v) is 5.80. The van der Waals surface area contributed by atoms with Gasteiger partial charge >= 0.3 is 0 Å². The summed E-state index contributed by atoms with van der Waals surface area (Å²) in [5.41, 5.74) is 0.795. The van der Waals surface area contributed by atoms with Crippen LogP contribution in [0.3, 0.4) is 0 Å². The zero-order chi connectivity index (χ0) is 12.0. The average Bonchev–Trinajstić information content (AvgIpc) is 2.30. The predicted molar refractivity (Wildman–Crippen MR) is 66.0 cm³/mol. The summed E-state index contributed by atoms with van der Waals surface area (Å²) in [4.78, 5) is 2.19. The zero-order valence-corrected chi connectivity index (χ0v) is 10.3. The number of nitrogens with zero attached hydrogens (tertiary/aromatic N) is 1. The zero-order valence-electron chi connectivity index (χ0n) is 10.3. The van der Waals surface area contributed by atoms with Gasteiger partial charge in [0.25, 0.3) is 0 Å². The van der Waals surface area contributed by atoms with Crippen molar-refractivity contribution in [3.05, 3.63) is 35.6 Å². The third kappa shape index (κ3) is 3.29. The van der Waals surface area contributed by atoms with Gasteiger partial charge in [0.1, 0.15) is 5.82 Å². The van der Waals surface area contributed by atoms with Crippen LogP contribution in [0.2, 0.25) is 0 Å². The van der Waals surface area contributed by atoms with Crippen molar-refractivity contribution in [1.29, 1.82) is 0 Å². The Morgan fingerprint density at radius 2 is 2.06 bits per heavy atom. The molecule has 1 atom stereocenters. The van der Waals surface area contributed by atoms with Gasteiger partial charge in [0, 0.05) is 24.7 Å². The van der Waals surface area contributed by atoms with Crippen LogP contribution in [0.15, 0.2) is 24.3 Å². The average molecular weight is 224 g/mol. The first kappa shape index (κ1) is 13.1. The van der Waals surface area contributed by atoms with Crippen LogP contribution >= 0.6 is 0 Å². The van der Waals surface area contributed by atoms with Crippen LogP contribution in [0.5, 0.6) is 0 Å². The molecule has 90 valence electrons. The SMILES string of the molecule is CCC(c1ccccc1F)N(C)CCNC. The molecule has 0 saturated heterocycles. The summed E-state index contributed by atoms with van der Waals surface area (Å²) in [6, 6.07) is 7.20. The first-order valence-electron chi connectivity index (χ1n) is 5.80. The summed E-state index contributed by atoms with van der Waals surface area (Å²) < 4.78 is 13.7. The molecule has 0 aromatic heterocycles. The van der Waals surface area contributed by atoms with Gasteiger partial charge in [0.2, 0.25) is 0 Å². The molecular formula is C13H21FN2. The Balaban J connectivity index is 2.77. The number of hydrogen-bond acceptors (Lipinski definition) is 2. The standard InChI is InChI=1S/C13H21FN2/c1-4-13(16(3)10-9-15-2)11-7-5-6-8-12(11)14/h5-8,13,15H,4,9-10H2,1-3H3. The lowest BCUT2D eigenvalue weighted by molar-refractivity contribution is 0.235. The number of likely N-dealkylation sites (N-methyl/N-ethyl adjacent to an activating group) is 2. The molecule has 0 radical (unpaired) electrons. The van der Waals surface area contributed by atoms with E-state index in [1.807, 2.05) is 26.2 Å². The van der Waals surface area contributed by atoms with E-state index >= 15 is 0 Å². The fourth-order valence-electron chi connectivity index (χ4n) is 1.96. The van der Waals surface area contributed by atoms with Crippen molar-refractivity contribution in [2.75, 3.05) is 27.2 Å². The molecule has 0 bridgehead atoms. The maximum Gasteiger partial charge on any atom is 0.127 e. The summed E-state index contributed by atoms with van der Waals surface area (Å²) in [6.45, 7) is 3.93.